The molecule has 0 aromatic carbocycles. The SMILES string of the molecule is CCNCc1ccc(S(=O)(=O)NCC(C)SC)s1. The van der Waals surface area contributed by atoms with Gasteiger partial charge in [-0.3, -0.25) is 0 Å². The Balaban J connectivity index is 2.64. The highest BCUT2D eigenvalue weighted by atomic mass is 32.2. The van der Waals surface area contributed by atoms with E-state index in [1.807, 2.05) is 26.2 Å². The van der Waals surface area contributed by atoms with Gasteiger partial charge in [-0.2, -0.15) is 11.8 Å². The number of thiophene rings is 1. The van der Waals surface area contributed by atoms with Crippen LogP contribution in [0.1, 0.15) is 18.7 Å². The van der Waals surface area contributed by atoms with Crippen molar-refractivity contribution in [2.45, 2.75) is 29.9 Å². The molecular formula is C11H20N2O2S3. The summed E-state index contributed by atoms with van der Waals surface area (Å²) in [6.45, 7) is 6.08. The van der Waals surface area contributed by atoms with E-state index in [0.717, 1.165) is 18.0 Å². The maximum Gasteiger partial charge on any atom is 0.250 e. The highest BCUT2D eigenvalue weighted by Gasteiger charge is 2.17. The first-order chi connectivity index (χ1) is 8.49. The van der Waals surface area contributed by atoms with Gasteiger partial charge in [0.15, 0.2) is 0 Å². The molecule has 0 bridgehead atoms. The van der Waals surface area contributed by atoms with E-state index < -0.39 is 10.0 Å². The third-order valence-electron chi connectivity index (χ3n) is 2.41. The second kappa shape index (κ2) is 7.49. The van der Waals surface area contributed by atoms with Gasteiger partial charge in [-0.25, -0.2) is 13.1 Å². The molecule has 1 aromatic heterocycles. The van der Waals surface area contributed by atoms with Gasteiger partial charge in [0, 0.05) is 23.2 Å². The van der Waals surface area contributed by atoms with Gasteiger partial charge in [0.05, 0.1) is 0 Å². The molecule has 18 heavy (non-hydrogen) atoms. The Morgan fingerprint density at radius 3 is 2.78 bits per heavy atom. The second-order valence-corrected chi connectivity index (χ2v) is 8.34. The molecule has 0 aliphatic carbocycles. The summed E-state index contributed by atoms with van der Waals surface area (Å²) < 4.78 is 27.0. The predicted molar refractivity (Wildman–Crippen MR) is 79.9 cm³/mol. The zero-order valence-corrected chi connectivity index (χ0v) is 13.3. The number of hydrogen-bond acceptors (Lipinski definition) is 5. The standard InChI is InChI=1S/C11H20N2O2S3/c1-4-12-8-10-5-6-11(17-10)18(14,15)13-7-9(2)16-3/h5-6,9,12-13H,4,7-8H2,1-3H3. The number of rotatable bonds is 8. The van der Waals surface area contributed by atoms with E-state index in [9.17, 15) is 8.42 Å². The summed E-state index contributed by atoms with van der Waals surface area (Å²) in [6.07, 6.45) is 1.97. The lowest BCUT2D eigenvalue weighted by Gasteiger charge is -2.09. The van der Waals surface area contributed by atoms with Crippen LogP contribution in [-0.4, -0.2) is 33.0 Å². The molecule has 0 saturated heterocycles. The number of nitrogens with one attached hydrogen (secondary N) is 2. The van der Waals surface area contributed by atoms with Gasteiger partial charge in [0.25, 0.3) is 0 Å². The molecular weight excluding hydrogens is 288 g/mol. The van der Waals surface area contributed by atoms with E-state index in [1.165, 1.54) is 11.3 Å². The molecule has 104 valence electrons. The van der Waals surface area contributed by atoms with Crippen LogP contribution >= 0.6 is 23.1 Å². The fourth-order valence-electron chi connectivity index (χ4n) is 1.23. The van der Waals surface area contributed by atoms with E-state index in [-0.39, 0.29) is 5.25 Å². The molecule has 1 heterocycles. The molecule has 1 rings (SSSR count). The van der Waals surface area contributed by atoms with Gasteiger partial charge in [0.1, 0.15) is 4.21 Å². The largest absolute Gasteiger partial charge is 0.312 e. The molecule has 1 aromatic rings. The first kappa shape index (κ1) is 16.0. The van der Waals surface area contributed by atoms with Crippen LogP contribution in [0.15, 0.2) is 16.3 Å². The fraction of sp³-hybridized carbons (Fsp3) is 0.636. The van der Waals surface area contributed by atoms with Gasteiger partial charge >= 0.3 is 0 Å². The Hall–Kier alpha value is -0.0800. The number of thioether (sulfide) groups is 1. The maximum absolute atomic E-state index is 12.0. The minimum atomic E-state index is -3.34. The molecule has 1 atom stereocenters. The Bertz CT molecular complexity index is 457. The van der Waals surface area contributed by atoms with E-state index in [4.69, 9.17) is 0 Å². The third kappa shape index (κ3) is 4.89. The minimum absolute atomic E-state index is 0.279. The van der Waals surface area contributed by atoms with Gasteiger partial charge < -0.3 is 5.32 Å². The average Bonchev–Trinajstić information content (AvgIpc) is 2.83. The summed E-state index contributed by atoms with van der Waals surface area (Å²) in [5.74, 6) is 0. The van der Waals surface area contributed by atoms with E-state index >= 15 is 0 Å². The summed E-state index contributed by atoms with van der Waals surface area (Å²) in [5.41, 5.74) is 0. The van der Waals surface area contributed by atoms with Crippen molar-refractivity contribution < 1.29 is 8.42 Å². The quantitative estimate of drug-likeness (QED) is 0.770. The van der Waals surface area contributed by atoms with Crippen LogP contribution in [0.25, 0.3) is 0 Å². The summed E-state index contributed by atoms with van der Waals surface area (Å²) >= 11 is 2.96. The number of hydrogen-bond donors (Lipinski definition) is 2. The molecule has 0 saturated carbocycles. The molecule has 4 nitrogen and oxygen atoms in total. The van der Waals surface area contributed by atoms with Crippen LogP contribution < -0.4 is 10.0 Å². The smallest absolute Gasteiger partial charge is 0.250 e. The maximum atomic E-state index is 12.0. The van der Waals surface area contributed by atoms with Crippen molar-refractivity contribution in [3.63, 3.8) is 0 Å². The lowest BCUT2D eigenvalue weighted by molar-refractivity contribution is 0.583. The Kier molecular flexibility index (Phi) is 6.65. The van der Waals surface area contributed by atoms with Crippen molar-refractivity contribution in [2.75, 3.05) is 19.3 Å². The van der Waals surface area contributed by atoms with Crippen molar-refractivity contribution in [1.29, 1.82) is 0 Å². The average molecular weight is 308 g/mol. The summed E-state index contributed by atoms with van der Waals surface area (Å²) in [7, 11) is -3.34. The third-order valence-corrected chi connectivity index (χ3v) is 6.39. The van der Waals surface area contributed by atoms with Crippen molar-refractivity contribution in [2.24, 2.45) is 0 Å². The van der Waals surface area contributed by atoms with Crippen LogP contribution in [0.2, 0.25) is 0 Å². The lowest BCUT2D eigenvalue weighted by Crippen LogP contribution is -2.28. The molecule has 0 aliphatic heterocycles. The van der Waals surface area contributed by atoms with Crippen LogP contribution in [0.5, 0.6) is 0 Å². The molecule has 0 amide bonds. The Morgan fingerprint density at radius 1 is 1.44 bits per heavy atom. The summed E-state index contributed by atoms with van der Waals surface area (Å²) in [6, 6.07) is 3.53. The van der Waals surface area contributed by atoms with E-state index in [2.05, 4.69) is 10.0 Å². The summed E-state index contributed by atoms with van der Waals surface area (Å²) in [5, 5.41) is 3.46. The number of sulfonamides is 1. The molecule has 7 heteroatoms. The minimum Gasteiger partial charge on any atom is -0.312 e. The zero-order valence-electron chi connectivity index (χ0n) is 10.9. The molecule has 2 N–H and O–H groups in total. The van der Waals surface area contributed by atoms with E-state index in [1.54, 1.807) is 17.8 Å². The molecule has 0 fully saturated rings. The highest BCUT2D eigenvalue weighted by Crippen LogP contribution is 2.21. The van der Waals surface area contributed by atoms with Crippen molar-refractivity contribution >= 4 is 33.1 Å². The van der Waals surface area contributed by atoms with Crippen molar-refractivity contribution in [1.82, 2.24) is 10.0 Å². The van der Waals surface area contributed by atoms with Gasteiger partial charge in [-0.1, -0.05) is 13.8 Å². The van der Waals surface area contributed by atoms with Crippen LogP contribution in [0, 0.1) is 0 Å². The van der Waals surface area contributed by atoms with Crippen molar-refractivity contribution in [3.8, 4) is 0 Å². The van der Waals surface area contributed by atoms with Gasteiger partial charge in [-0.15, -0.1) is 11.3 Å². The predicted octanol–water partition coefficient (Wildman–Crippen LogP) is 1.89. The van der Waals surface area contributed by atoms with E-state index in [0.29, 0.717) is 10.8 Å². The van der Waals surface area contributed by atoms with Gasteiger partial charge in [0.2, 0.25) is 10.0 Å². The van der Waals surface area contributed by atoms with Gasteiger partial charge in [-0.05, 0) is 24.9 Å². The zero-order chi connectivity index (χ0) is 13.6. The highest BCUT2D eigenvalue weighted by molar-refractivity contribution is 7.99. The monoisotopic (exact) mass is 308 g/mol. The lowest BCUT2D eigenvalue weighted by atomic mass is 10.4. The Morgan fingerprint density at radius 2 is 2.17 bits per heavy atom. The molecule has 1 unspecified atom stereocenters. The summed E-state index contributed by atoms with van der Waals surface area (Å²) in [4.78, 5) is 1.04. The fourth-order valence-corrected chi connectivity index (χ4v) is 4.08. The van der Waals surface area contributed by atoms with Crippen LogP contribution in [-0.2, 0) is 16.6 Å². The van der Waals surface area contributed by atoms with Crippen LogP contribution in [0.4, 0.5) is 0 Å². The molecule has 0 aliphatic rings. The van der Waals surface area contributed by atoms with Crippen LogP contribution in [0.3, 0.4) is 0 Å². The Labute approximate surface area is 118 Å². The molecule has 0 spiro atoms. The molecule has 0 radical (unpaired) electrons. The van der Waals surface area contributed by atoms with Crippen molar-refractivity contribution in [3.05, 3.63) is 17.0 Å². The topological polar surface area (TPSA) is 58.2 Å². The first-order valence-corrected chi connectivity index (χ1v) is 9.40. The second-order valence-electron chi connectivity index (χ2n) is 3.90. The normalized spacial score (nSPS) is 13.7. The first-order valence-electron chi connectivity index (χ1n) is 5.81.